The highest BCUT2D eigenvalue weighted by atomic mass is 16.5. The Morgan fingerprint density at radius 3 is 2.29 bits per heavy atom. The van der Waals surface area contributed by atoms with Gasteiger partial charge in [0.05, 0.1) is 13.7 Å². The third-order valence-corrected chi connectivity index (χ3v) is 2.67. The number of hydrogen-bond donors (Lipinski definition) is 1. The van der Waals surface area contributed by atoms with Gasteiger partial charge in [0.25, 0.3) is 5.91 Å². The zero-order chi connectivity index (χ0) is 15.7. The van der Waals surface area contributed by atoms with Crippen LogP contribution in [0.3, 0.4) is 0 Å². The molecule has 0 fully saturated rings. The molecule has 21 heavy (non-hydrogen) atoms. The van der Waals surface area contributed by atoms with E-state index < -0.39 is 11.9 Å². The van der Waals surface area contributed by atoms with Gasteiger partial charge in [0.2, 0.25) is 0 Å². The van der Waals surface area contributed by atoms with Crippen molar-refractivity contribution < 1.29 is 28.9 Å². The number of carbonyl (C=O) groups excluding carboxylic acids is 1. The maximum absolute atomic E-state index is 11.9. The van der Waals surface area contributed by atoms with Crippen molar-refractivity contribution in [2.45, 2.75) is 0 Å². The topological polar surface area (TPSA) is 85.3 Å². The molecular weight excluding hydrogens is 278 g/mol. The summed E-state index contributed by atoms with van der Waals surface area (Å²) in [5.41, 5.74) is 0. The first-order valence-electron chi connectivity index (χ1n) is 6.32. The average Bonchev–Trinajstić information content (AvgIpc) is 2.49. The molecule has 1 aromatic rings. The predicted octanol–water partition coefficient (Wildman–Crippen LogP) is 0.634. The van der Waals surface area contributed by atoms with E-state index in [1.165, 1.54) is 12.0 Å². The Balaban J connectivity index is 2.52. The Labute approximate surface area is 123 Å². The van der Waals surface area contributed by atoms with Crippen LogP contribution in [-0.2, 0) is 14.3 Å². The molecule has 1 amide bonds. The number of aliphatic carboxylic acids is 1. The number of carbonyl (C=O) groups is 2. The smallest absolute Gasteiger partial charge is 0.323 e. The summed E-state index contributed by atoms with van der Waals surface area (Å²) in [5, 5.41) is 8.79. The van der Waals surface area contributed by atoms with E-state index in [2.05, 4.69) is 0 Å². The molecule has 0 spiro atoms. The van der Waals surface area contributed by atoms with Crippen LogP contribution in [0.5, 0.6) is 11.5 Å². The van der Waals surface area contributed by atoms with Crippen LogP contribution in [0.1, 0.15) is 0 Å². The minimum absolute atomic E-state index is 0.202. The molecule has 0 radical (unpaired) electrons. The fourth-order valence-corrected chi connectivity index (χ4v) is 1.56. The SMILES string of the molecule is COCCN(CC(=O)O)C(=O)COc1ccc(OC)cc1. The third-order valence-electron chi connectivity index (χ3n) is 2.67. The van der Waals surface area contributed by atoms with Crippen molar-refractivity contribution in [3.05, 3.63) is 24.3 Å². The first-order chi connectivity index (χ1) is 10.1. The summed E-state index contributed by atoms with van der Waals surface area (Å²) in [4.78, 5) is 23.8. The maximum Gasteiger partial charge on any atom is 0.323 e. The van der Waals surface area contributed by atoms with E-state index in [0.717, 1.165) is 0 Å². The lowest BCUT2D eigenvalue weighted by Crippen LogP contribution is -2.40. The Kier molecular flexibility index (Phi) is 7.03. The molecule has 116 valence electrons. The number of rotatable bonds is 9. The molecule has 0 saturated carbocycles. The molecule has 0 aliphatic carbocycles. The van der Waals surface area contributed by atoms with Gasteiger partial charge in [0.1, 0.15) is 18.0 Å². The molecule has 0 saturated heterocycles. The van der Waals surface area contributed by atoms with Gasteiger partial charge in [-0.2, -0.15) is 0 Å². The van der Waals surface area contributed by atoms with Gasteiger partial charge >= 0.3 is 5.97 Å². The number of amides is 1. The van der Waals surface area contributed by atoms with E-state index >= 15 is 0 Å². The van der Waals surface area contributed by atoms with Gasteiger partial charge in [0, 0.05) is 13.7 Å². The predicted molar refractivity (Wildman–Crippen MR) is 74.6 cm³/mol. The van der Waals surface area contributed by atoms with Crippen molar-refractivity contribution in [3.8, 4) is 11.5 Å². The lowest BCUT2D eigenvalue weighted by atomic mass is 10.3. The number of carboxylic acids is 1. The van der Waals surface area contributed by atoms with Gasteiger partial charge in [-0.1, -0.05) is 0 Å². The van der Waals surface area contributed by atoms with Crippen molar-refractivity contribution in [3.63, 3.8) is 0 Å². The van der Waals surface area contributed by atoms with Crippen molar-refractivity contribution in [2.75, 3.05) is 40.5 Å². The van der Waals surface area contributed by atoms with Gasteiger partial charge in [-0.3, -0.25) is 9.59 Å². The number of ether oxygens (including phenoxy) is 3. The van der Waals surface area contributed by atoms with Crippen LogP contribution in [0.15, 0.2) is 24.3 Å². The number of carboxylic acid groups (broad SMARTS) is 1. The number of benzene rings is 1. The van der Waals surface area contributed by atoms with Crippen LogP contribution in [0.2, 0.25) is 0 Å². The van der Waals surface area contributed by atoms with Gasteiger partial charge in [-0.15, -0.1) is 0 Å². The highest BCUT2D eigenvalue weighted by Crippen LogP contribution is 2.16. The summed E-state index contributed by atoms with van der Waals surface area (Å²) in [7, 11) is 3.04. The second-order valence-corrected chi connectivity index (χ2v) is 4.17. The lowest BCUT2D eigenvalue weighted by Gasteiger charge is -2.20. The molecule has 0 bridgehead atoms. The van der Waals surface area contributed by atoms with Crippen LogP contribution in [0.25, 0.3) is 0 Å². The summed E-state index contributed by atoms with van der Waals surface area (Å²) in [6, 6.07) is 6.76. The Hall–Kier alpha value is -2.28. The summed E-state index contributed by atoms with van der Waals surface area (Å²) in [6.07, 6.45) is 0. The van der Waals surface area contributed by atoms with Crippen molar-refractivity contribution >= 4 is 11.9 Å². The van der Waals surface area contributed by atoms with E-state index in [-0.39, 0.29) is 26.3 Å². The minimum atomic E-state index is -1.08. The van der Waals surface area contributed by atoms with Crippen molar-refractivity contribution in [1.82, 2.24) is 4.90 Å². The van der Waals surface area contributed by atoms with Gasteiger partial charge < -0.3 is 24.2 Å². The quantitative estimate of drug-likeness (QED) is 0.719. The zero-order valence-corrected chi connectivity index (χ0v) is 12.1. The maximum atomic E-state index is 11.9. The highest BCUT2D eigenvalue weighted by Gasteiger charge is 2.17. The summed E-state index contributed by atoms with van der Waals surface area (Å²) >= 11 is 0. The molecule has 0 aliphatic heterocycles. The monoisotopic (exact) mass is 297 g/mol. The average molecular weight is 297 g/mol. The molecule has 0 heterocycles. The Morgan fingerprint density at radius 1 is 1.14 bits per heavy atom. The zero-order valence-electron chi connectivity index (χ0n) is 12.1. The Morgan fingerprint density at radius 2 is 1.76 bits per heavy atom. The fourth-order valence-electron chi connectivity index (χ4n) is 1.56. The van der Waals surface area contributed by atoms with Gasteiger partial charge in [-0.05, 0) is 24.3 Å². The van der Waals surface area contributed by atoms with Crippen LogP contribution in [-0.4, -0.2) is 62.4 Å². The minimum Gasteiger partial charge on any atom is -0.497 e. The Bertz CT molecular complexity index is 459. The normalized spacial score (nSPS) is 10.0. The number of methoxy groups -OCH3 is 2. The molecule has 0 aromatic heterocycles. The van der Waals surface area contributed by atoms with Crippen LogP contribution < -0.4 is 9.47 Å². The largest absolute Gasteiger partial charge is 0.497 e. The third kappa shape index (κ3) is 6.13. The highest BCUT2D eigenvalue weighted by molar-refractivity contribution is 5.82. The van der Waals surface area contributed by atoms with Gasteiger partial charge in [-0.25, -0.2) is 0 Å². The molecule has 1 N–H and O–H groups in total. The first-order valence-corrected chi connectivity index (χ1v) is 6.32. The van der Waals surface area contributed by atoms with Crippen molar-refractivity contribution in [2.24, 2.45) is 0 Å². The van der Waals surface area contributed by atoms with Gasteiger partial charge in [0.15, 0.2) is 6.61 Å². The number of nitrogens with zero attached hydrogens (tertiary/aromatic N) is 1. The standard InChI is InChI=1S/C14H19NO6/c1-19-8-7-15(9-14(17)18)13(16)10-21-12-5-3-11(20-2)4-6-12/h3-6H,7-10H2,1-2H3,(H,17,18). The lowest BCUT2D eigenvalue weighted by molar-refractivity contribution is -0.145. The van der Waals surface area contributed by atoms with E-state index in [0.29, 0.717) is 11.5 Å². The van der Waals surface area contributed by atoms with Crippen molar-refractivity contribution in [1.29, 1.82) is 0 Å². The van der Waals surface area contributed by atoms with Crippen LogP contribution in [0, 0.1) is 0 Å². The number of hydrogen-bond acceptors (Lipinski definition) is 5. The van der Waals surface area contributed by atoms with E-state index in [4.69, 9.17) is 19.3 Å². The second kappa shape index (κ2) is 8.80. The summed E-state index contributed by atoms with van der Waals surface area (Å²) < 4.78 is 15.2. The summed E-state index contributed by atoms with van der Waals surface area (Å²) in [6.45, 7) is -0.146. The molecule has 7 heteroatoms. The second-order valence-electron chi connectivity index (χ2n) is 4.17. The van der Waals surface area contributed by atoms with E-state index in [9.17, 15) is 9.59 Å². The molecular formula is C14H19NO6. The first kappa shape index (κ1) is 16.8. The fraction of sp³-hybridized carbons (Fsp3) is 0.429. The molecule has 7 nitrogen and oxygen atoms in total. The molecule has 0 unspecified atom stereocenters. The van der Waals surface area contributed by atoms with Crippen LogP contribution >= 0.6 is 0 Å². The molecule has 1 rings (SSSR count). The van der Waals surface area contributed by atoms with Crippen LogP contribution in [0.4, 0.5) is 0 Å². The summed E-state index contributed by atoms with van der Waals surface area (Å²) in [5.74, 6) is -0.304. The van der Waals surface area contributed by atoms with E-state index in [1.807, 2.05) is 0 Å². The molecule has 0 atom stereocenters. The molecule has 0 aliphatic rings. The van der Waals surface area contributed by atoms with E-state index in [1.54, 1.807) is 31.4 Å². The molecule has 1 aromatic carbocycles.